The number of carbonyl (C=O) groups is 2. The van der Waals surface area contributed by atoms with Gasteiger partial charge < -0.3 is 15.3 Å². The van der Waals surface area contributed by atoms with Crippen LogP contribution in [0.2, 0.25) is 0 Å². The van der Waals surface area contributed by atoms with Crippen LogP contribution >= 0.6 is 23.2 Å². The summed E-state index contributed by atoms with van der Waals surface area (Å²) in [5.41, 5.74) is 3.82. The van der Waals surface area contributed by atoms with Crippen molar-refractivity contribution in [3.63, 3.8) is 0 Å². The Labute approximate surface area is 282 Å². The van der Waals surface area contributed by atoms with Gasteiger partial charge >= 0.3 is 5.97 Å². The van der Waals surface area contributed by atoms with Gasteiger partial charge in [-0.3, -0.25) is 19.4 Å². The zero-order chi connectivity index (χ0) is 31.8. The maximum absolute atomic E-state index is 11.8. The zero-order valence-corrected chi connectivity index (χ0v) is 28.2. The maximum Gasteiger partial charge on any atom is 0.303 e. The molecule has 45 heavy (non-hydrogen) atoms. The molecule has 0 aromatic heterocycles. The number of amides is 1. The molecule has 4 aliphatic rings. The van der Waals surface area contributed by atoms with Gasteiger partial charge in [0.05, 0.1) is 5.34 Å². The van der Waals surface area contributed by atoms with E-state index in [4.69, 9.17) is 28.3 Å². The van der Waals surface area contributed by atoms with Crippen molar-refractivity contribution in [1.82, 2.24) is 20.0 Å². The first-order chi connectivity index (χ1) is 21.3. The first-order valence-electron chi connectivity index (χ1n) is 16.1. The molecule has 0 radical (unpaired) electrons. The molecule has 4 fully saturated rings. The fourth-order valence-electron chi connectivity index (χ4n) is 6.86. The molecule has 4 heterocycles. The van der Waals surface area contributed by atoms with E-state index in [1.165, 1.54) is 69.5 Å². The van der Waals surface area contributed by atoms with Crippen LogP contribution in [0.3, 0.4) is 0 Å². The van der Waals surface area contributed by atoms with Crippen molar-refractivity contribution in [2.24, 2.45) is 10.8 Å². The second kappa shape index (κ2) is 20.2. The lowest BCUT2D eigenvalue weighted by Crippen LogP contribution is -2.33. The van der Waals surface area contributed by atoms with Gasteiger partial charge in [-0.1, -0.05) is 81.9 Å². The molecule has 252 valence electrons. The molecule has 9 heteroatoms. The van der Waals surface area contributed by atoms with Crippen LogP contribution in [-0.2, 0) is 22.7 Å². The van der Waals surface area contributed by atoms with E-state index in [0.29, 0.717) is 23.2 Å². The number of carboxylic acids is 1. The number of hydrogen-bond acceptors (Lipinski definition) is 5. The Kier molecular flexibility index (Phi) is 17.5. The van der Waals surface area contributed by atoms with E-state index >= 15 is 0 Å². The molecule has 0 saturated carbocycles. The monoisotopic (exact) mass is 662 g/mol. The quantitative estimate of drug-likeness (QED) is 0.327. The Bertz CT molecular complexity index is 1120. The number of benzene rings is 2. The molecule has 2 aromatic rings. The van der Waals surface area contributed by atoms with Crippen molar-refractivity contribution in [3.8, 4) is 0 Å². The number of nitrogens with zero attached hydrogens (tertiary/aromatic N) is 3. The minimum Gasteiger partial charge on any atom is -0.481 e. The number of carbonyl (C=O) groups excluding carboxylic acids is 1. The molecule has 2 aromatic carbocycles. The van der Waals surface area contributed by atoms with Crippen molar-refractivity contribution < 1.29 is 14.7 Å². The average Bonchev–Trinajstić information content (AvgIpc) is 3.85. The third-order valence-corrected chi connectivity index (χ3v) is 9.26. The molecule has 0 bridgehead atoms. The fraction of sp³-hybridized carbons (Fsp3) is 0.611. The van der Waals surface area contributed by atoms with Crippen LogP contribution in [0.25, 0.3) is 0 Å². The molecule has 7 nitrogen and oxygen atoms in total. The van der Waals surface area contributed by atoms with Crippen LogP contribution in [0.1, 0.15) is 70.9 Å². The van der Waals surface area contributed by atoms with Crippen molar-refractivity contribution in [1.29, 1.82) is 0 Å². The van der Waals surface area contributed by atoms with Crippen LogP contribution in [0.5, 0.6) is 0 Å². The third-order valence-electron chi connectivity index (χ3n) is 9.26. The number of aliphatic carboxylic acids is 1. The Morgan fingerprint density at radius 1 is 0.756 bits per heavy atom. The van der Waals surface area contributed by atoms with E-state index in [2.05, 4.69) is 80.7 Å². The third kappa shape index (κ3) is 12.9. The Morgan fingerprint density at radius 2 is 1.22 bits per heavy atom. The summed E-state index contributed by atoms with van der Waals surface area (Å²) in [6.45, 7) is 15.0. The normalized spacial score (nSPS) is 23.8. The summed E-state index contributed by atoms with van der Waals surface area (Å²) >= 11 is 9.53. The van der Waals surface area contributed by atoms with Crippen molar-refractivity contribution >= 4 is 35.1 Å². The second-order valence-electron chi connectivity index (χ2n) is 12.6. The molecule has 0 aliphatic carbocycles. The van der Waals surface area contributed by atoms with Gasteiger partial charge in [-0.15, -0.1) is 23.2 Å². The highest BCUT2D eigenvalue weighted by Gasteiger charge is 2.44. The zero-order valence-electron chi connectivity index (χ0n) is 26.7. The molecule has 2 N–H and O–H groups in total. The molecule has 2 unspecified atom stereocenters. The Balaban J connectivity index is 0.000000253. The van der Waals surface area contributed by atoms with E-state index < -0.39 is 5.97 Å². The van der Waals surface area contributed by atoms with Crippen molar-refractivity contribution in [2.45, 2.75) is 72.9 Å². The Morgan fingerprint density at radius 3 is 1.67 bits per heavy atom. The highest BCUT2D eigenvalue weighted by molar-refractivity contribution is 6.40. The van der Waals surface area contributed by atoms with E-state index in [1.807, 2.05) is 6.92 Å². The van der Waals surface area contributed by atoms with Gasteiger partial charge in [-0.2, -0.15) is 0 Å². The van der Waals surface area contributed by atoms with Crippen LogP contribution < -0.4 is 5.32 Å². The number of rotatable bonds is 6. The van der Waals surface area contributed by atoms with E-state index in [9.17, 15) is 9.59 Å². The van der Waals surface area contributed by atoms with Gasteiger partial charge in [-0.05, 0) is 61.9 Å². The minimum atomic E-state index is -0.745. The molecule has 2 atom stereocenters. The molecule has 4 saturated heterocycles. The molecular formula is C36H56Cl2N4O3. The fourth-order valence-corrected chi connectivity index (χ4v) is 6.86. The standard InChI is InChI=1S/C17H24N2O.C14H20N2.C3H6O2.CH2Cl2.CH4/c1-2-16(20)19-11-9-17(14-19)8-10-18(13-17)12-15-6-4-3-5-7-15;1-2-4-13(5-3-1)10-16-9-7-14(12-16)6-8-15-11-14;1-2-3(4)5;2-1-3;/h3-7H,2,8-14H2,1H3;1-5,15H,6-12H2;2H2,1H3,(H,4,5);1H2;1H4. The number of hydrogen-bond donors (Lipinski definition) is 2. The summed E-state index contributed by atoms with van der Waals surface area (Å²) in [5, 5.41) is 11.4. The van der Waals surface area contributed by atoms with E-state index in [-0.39, 0.29) is 19.2 Å². The summed E-state index contributed by atoms with van der Waals surface area (Å²) in [6, 6.07) is 21.5. The predicted molar refractivity (Wildman–Crippen MR) is 188 cm³/mol. The predicted octanol–water partition coefficient (Wildman–Crippen LogP) is 6.93. The van der Waals surface area contributed by atoms with Gasteiger partial charge in [0.2, 0.25) is 5.91 Å². The van der Waals surface area contributed by atoms with Gasteiger partial charge in [0.15, 0.2) is 0 Å². The lowest BCUT2D eigenvalue weighted by molar-refractivity contribution is -0.136. The van der Waals surface area contributed by atoms with Crippen LogP contribution in [-0.4, -0.2) is 89.4 Å². The lowest BCUT2D eigenvalue weighted by atomic mass is 9.86. The molecule has 2 spiro atoms. The van der Waals surface area contributed by atoms with Gasteiger partial charge in [0.1, 0.15) is 0 Å². The summed E-state index contributed by atoms with van der Waals surface area (Å²) in [4.78, 5) is 28.4. The minimum absolute atomic E-state index is 0. The Hall–Kier alpha value is -2.16. The lowest BCUT2D eigenvalue weighted by Gasteiger charge is -2.24. The van der Waals surface area contributed by atoms with Crippen molar-refractivity contribution in [2.75, 3.05) is 57.7 Å². The SMILES string of the molecule is C.CCC(=O)N1CCC2(CCN(Cc3ccccc3)C2)C1.CCC(=O)O.ClCCl.c1ccc(CN2CCC3(CCNC3)C2)cc1. The number of alkyl halides is 2. The number of carboxylic acid groups (broad SMARTS) is 1. The van der Waals surface area contributed by atoms with Gasteiger partial charge in [0, 0.05) is 64.1 Å². The molecular weight excluding hydrogens is 607 g/mol. The summed E-state index contributed by atoms with van der Waals surface area (Å²) < 4.78 is 0. The van der Waals surface area contributed by atoms with Crippen LogP contribution in [0, 0.1) is 10.8 Å². The number of halogens is 2. The van der Waals surface area contributed by atoms with Crippen LogP contribution in [0.4, 0.5) is 0 Å². The van der Waals surface area contributed by atoms with Gasteiger partial charge in [0.25, 0.3) is 0 Å². The summed E-state index contributed by atoms with van der Waals surface area (Å²) in [7, 11) is 0. The topological polar surface area (TPSA) is 76.1 Å². The first-order valence-corrected chi connectivity index (χ1v) is 17.2. The van der Waals surface area contributed by atoms with E-state index in [1.54, 1.807) is 6.92 Å². The first kappa shape index (κ1) is 39.0. The highest BCUT2D eigenvalue weighted by atomic mass is 35.5. The summed E-state index contributed by atoms with van der Waals surface area (Å²) in [6.07, 6.45) is 6.05. The average molecular weight is 664 g/mol. The largest absolute Gasteiger partial charge is 0.481 e. The second-order valence-corrected chi connectivity index (χ2v) is 13.4. The number of nitrogens with one attached hydrogen (secondary N) is 1. The van der Waals surface area contributed by atoms with E-state index in [0.717, 1.165) is 32.7 Å². The number of likely N-dealkylation sites (tertiary alicyclic amines) is 3. The van der Waals surface area contributed by atoms with Crippen molar-refractivity contribution in [3.05, 3.63) is 71.8 Å². The maximum atomic E-state index is 11.8. The highest BCUT2D eigenvalue weighted by Crippen LogP contribution is 2.40. The smallest absolute Gasteiger partial charge is 0.303 e. The summed E-state index contributed by atoms with van der Waals surface area (Å²) in [5.74, 6) is -0.423. The van der Waals surface area contributed by atoms with Crippen LogP contribution in [0.15, 0.2) is 60.7 Å². The molecule has 1 amide bonds. The van der Waals surface area contributed by atoms with Gasteiger partial charge in [-0.25, -0.2) is 0 Å². The molecule has 6 rings (SSSR count). The molecule has 4 aliphatic heterocycles.